The van der Waals surface area contributed by atoms with Crippen molar-refractivity contribution in [2.45, 2.75) is 52.7 Å². The monoisotopic (exact) mass is 214 g/mol. The molecule has 1 rings (SSSR count). The molecule has 3 nitrogen and oxygen atoms in total. The van der Waals surface area contributed by atoms with Gasteiger partial charge in [0.2, 0.25) is 0 Å². The van der Waals surface area contributed by atoms with Crippen LogP contribution in [0.2, 0.25) is 0 Å². The average Bonchev–Trinajstić information content (AvgIpc) is 2.08. The fourth-order valence-corrected chi connectivity index (χ4v) is 1.54. The molecule has 0 amide bonds. The molecule has 1 atom stereocenters. The Morgan fingerprint density at radius 1 is 1.33 bits per heavy atom. The van der Waals surface area contributed by atoms with Crippen molar-refractivity contribution in [1.82, 2.24) is 0 Å². The summed E-state index contributed by atoms with van der Waals surface area (Å²) in [7, 11) is 0. The molecule has 0 heterocycles. The van der Waals surface area contributed by atoms with Gasteiger partial charge in [0, 0.05) is 6.42 Å². The van der Waals surface area contributed by atoms with E-state index in [1.807, 2.05) is 34.6 Å². The second-order valence-corrected chi connectivity index (χ2v) is 5.67. The minimum Gasteiger partial charge on any atom is -0.374 e. The Bertz CT molecular complexity index is 238. The van der Waals surface area contributed by atoms with Crippen molar-refractivity contribution in [2.75, 3.05) is 13.2 Å². The number of ether oxygens (including phenoxy) is 2. The van der Waals surface area contributed by atoms with E-state index in [0.29, 0.717) is 25.4 Å². The Balaban J connectivity index is 2.15. The first-order valence-corrected chi connectivity index (χ1v) is 5.52. The number of rotatable bonds is 4. The highest BCUT2D eigenvalue weighted by molar-refractivity contribution is 5.91. The molecule has 0 bridgehead atoms. The molecule has 0 spiro atoms. The minimum absolute atomic E-state index is 0.0774. The van der Waals surface area contributed by atoms with Gasteiger partial charge in [0.25, 0.3) is 0 Å². The molecule has 1 fully saturated rings. The lowest BCUT2D eigenvalue weighted by Gasteiger charge is -2.42. The normalized spacial score (nSPS) is 25.1. The molecule has 3 heteroatoms. The summed E-state index contributed by atoms with van der Waals surface area (Å²) in [5, 5.41) is 0. The van der Waals surface area contributed by atoms with Gasteiger partial charge in [-0.05, 0) is 20.8 Å². The first kappa shape index (κ1) is 12.7. The van der Waals surface area contributed by atoms with Crippen LogP contribution < -0.4 is 0 Å². The summed E-state index contributed by atoms with van der Waals surface area (Å²) < 4.78 is 11.1. The van der Waals surface area contributed by atoms with Crippen molar-refractivity contribution in [3.63, 3.8) is 0 Å². The van der Waals surface area contributed by atoms with E-state index in [-0.39, 0.29) is 17.1 Å². The van der Waals surface area contributed by atoms with Gasteiger partial charge in [0.15, 0.2) is 0 Å². The van der Waals surface area contributed by atoms with Crippen molar-refractivity contribution in [1.29, 1.82) is 0 Å². The zero-order chi connectivity index (χ0) is 11.7. The van der Waals surface area contributed by atoms with Crippen LogP contribution >= 0.6 is 0 Å². The van der Waals surface area contributed by atoms with Crippen LogP contribution in [0.15, 0.2) is 0 Å². The van der Waals surface area contributed by atoms with E-state index in [4.69, 9.17) is 9.47 Å². The van der Waals surface area contributed by atoms with Crippen LogP contribution in [0.5, 0.6) is 0 Å². The van der Waals surface area contributed by atoms with Crippen LogP contribution in [0.4, 0.5) is 0 Å². The second-order valence-electron chi connectivity index (χ2n) is 5.67. The summed E-state index contributed by atoms with van der Waals surface area (Å²) in [5.41, 5.74) is -0.407. The second kappa shape index (κ2) is 4.22. The van der Waals surface area contributed by atoms with E-state index in [0.717, 1.165) is 0 Å². The molecular formula is C12H22O3. The van der Waals surface area contributed by atoms with Gasteiger partial charge in [0.05, 0.1) is 30.3 Å². The van der Waals surface area contributed by atoms with Crippen molar-refractivity contribution in [3.05, 3.63) is 0 Å². The van der Waals surface area contributed by atoms with Crippen LogP contribution in [0, 0.1) is 5.41 Å². The first-order valence-electron chi connectivity index (χ1n) is 5.52. The molecular weight excluding hydrogens is 192 g/mol. The number of hydrogen-bond donors (Lipinski definition) is 0. The molecule has 0 N–H and O–H groups in total. The number of ketones is 1. The lowest BCUT2D eigenvalue weighted by molar-refractivity contribution is -0.162. The number of Topliss-reactive ketones (excluding diaryl/α,β-unsaturated/α-hetero) is 1. The Kier molecular flexibility index (Phi) is 3.56. The molecule has 0 radical (unpaired) electrons. The molecule has 88 valence electrons. The van der Waals surface area contributed by atoms with E-state index in [1.54, 1.807) is 0 Å². The third-order valence-electron chi connectivity index (χ3n) is 2.83. The standard InChI is InChI=1S/C12H22O3/c1-11(2,3)15-7-6-14-10-8-9(13)12(10,4)5/h10H,6-8H2,1-5H3. The third-order valence-corrected chi connectivity index (χ3v) is 2.83. The zero-order valence-corrected chi connectivity index (χ0v) is 10.4. The average molecular weight is 214 g/mol. The lowest BCUT2D eigenvalue weighted by atomic mass is 9.68. The van der Waals surface area contributed by atoms with E-state index >= 15 is 0 Å². The fraction of sp³-hybridized carbons (Fsp3) is 0.917. The fourth-order valence-electron chi connectivity index (χ4n) is 1.54. The molecule has 0 aromatic carbocycles. The van der Waals surface area contributed by atoms with Crippen molar-refractivity contribution >= 4 is 5.78 Å². The van der Waals surface area contributed by atoms with E-state index in [2.05, 4.69) is 0 Å². The van der Waals surface area contributed by atoms with Crippen LogP contribution in [0.1, 0.15) is 41.0 Å². The van der Waals surface area contributed by atoms with E-state index < -0.39 is 0 Å². The smallest absolute Gasteiger partial charge is 0.143 e. The van der Waals surface area contributed by atoms with Gasteiger partial charge in [-0.2, -0.15) is 0 Å². The van der Waals surface area contributed by atoms with Gasteiger partial charge < -0.3 is 9.47 Å². The van der Waals surface area contributed by atoms with E-state index in [9.17, 15) is 4.79 Å². The summed E-state index contributed by atoms with van der Waals surface area (Å²) in [6.07, 6.45) is 0.635. The van der Waals surface area contributed by atoms with Gasteiger partial charge in [-0.3, -0.25) is 4.79 Å². The predicted octanol–water partition coefficient (Wildman–Crippen LogP) is 2.19. The molecule has 0 aromatic rings. The highest BCUT2D eigenvalue weighted by Gasteiger charge is 2.48. The number of carbonyl (C=O) groups excluding carboxylic acids is 1. The maximum atomic E-state index is 11.2. The molecule has 0 aromatic heterocycles. The summed E-state index contributed by atoms with van der Waals surface area (Å²) in [6.45, 7) is 11.1. The molecule has 1 saturated carbocycles. The van der Waals surface area contributed by atoms with Gasteiger partial charge in [-0.15, -0.1) is 0 Å². The maximum Gasteiger partial charge on any atom is 0.143 e. The molecule has 15 heavy (non-hydrogen) atoms. The van der Waals surface area contributed by atoms with Crippen LogP contribution in [-0.4, -0.2) is 30.7 Å². The molecule has 1 aliphatic rings. The molecule has 0 aliphatic heterocycles. The zero-order valence-electron chi connectivity index (χ0n) is 10.4. The first-order chi connectivity index (χ1) is 6.73. The van der Waals surface area contributed by atoms with Crippen molar-refractivity contribution in [2.24, 2.45) is 5.41 Å². The quantitative estimate of drug-likeness (QED) is 0.673. The van der Waals surface area contributed by atoms with Crippen LogP contribution in [0.25, 0.3) is 0 Å². The summed E-state index contributed by atoms with van der Waals surface area (Å²) in [4.78, 5) is 11.2. The third kappa shape index (κ3) is 3.28. The Morgan fingerprint density at radius 3 is 2.33 bits per heavy atom. The lowest BCUT2D eigenvalue weighted by Crippen LogP contribution is -2.51. The molecule has 1 unspecified atom stereocenters. The van der Waals surface area contributed by atoms with Crippen LogP contribution in [-0.2, 0) is 14.3 Å². The summed E-state index contributed by atoms with van der Waals surface area (Å²) >= 11 is 0. The highest BCUT2D eigenvalue weighted by atomic mass is 16.5. The largest absolute Gasteiger partial charge is 0.374 e. The SMILES string of the molecule is CC(C)(C)OCCOC1CC(=O)C1(C)C. The van der Waals surface area contributed by atoms with Crippen LogP contribution in [0.3, 0.4) is 0 Å². The minimum atomic E-state index is -0.290. The number of carbonyl (C=O) groups is 1. The van der Waals surface area contributed by atoms with Crippen molar-refractivity contribution < 1.29 is 14.3 Å². The van der Waals surface area contributed by atoms with Gasteiger partial charge in [-0.1, -0.05) is 13.8 Å². The Labute approximate surface area is 92.1 Å². The molecule has 0 saturated heterocycles. The highest BCUT2D eigenvalue weighted by Crippen LogP contribution is 2.38. The summed E-state index contributed by atoms with van der Waals surface area (Å²) in [5.74, 6) is 0.296. The number of hydrogen-bond acceptors (Lipinski definition) is 3. The predicted molar refractivity (Wildman–Crippen MR) is 58.9 cm³/mol. The Hall–Kier alpha value is -0.410. The maximum absolute atomic E-state index is 11.2. The summed E-state index contributed by atoms with van der Waals surface area (Å²) in [6, 6.07) is 0. The Morgan fingerprint density at radius 2 is 1.93 bits per heavy atom. The van der Waals surface area contributed by atoms with E-state index in [1.165, 1.54) is 0 Å². The van der Waals surface area contributed by atoms with Gasteiger partial charge in [0.1, 0.15) is 5.78 Å². The molecule has 1 aliphatic carbocycles. The van der Waals surface area contributed by atoms with Crippen molar-refractivity contribution in [3.8, 4) is 0 Å². The topological polar surface area (TPSA) is 35.5 Å². The van der Waals surface area contributed by atoms with Gasteiger partial charge >= 0.3 is 0 Å². The van der Waals surface area contributed by atoms with Gasteiger partial charge in [-0.25, -0.2) is 0 Å².